The first kappa shape index (κ1) is 27.4. The number of carbonyl (C=O) groups excluding carboxylic acids is 2. The Morgan fingerprint density at radius 2 is 1.92 bits per heavy atom. The Kier molecular flexibility index (Phi) is 8.54. The number of nitrogens with one attached hydrogen (secondary N) is 2. The zero-order valence-corrected chi connectivity index (χ0v) is 19.7. The molecule has 2 aliphatic rings. The molecular weight excluding hydrogens is 513 g/mol. The van der Waals surface area contributed by atoms with Crippen molar-refractivity contribution in [2.75, 3.05) is 23.3 Å². The number of nitrogens with zero attached hydrogens (tertiary/aromatic N) is 3. The van der Waals surface area contributed by atoms with Gasteiger partial charge in [0.1, 0.15) is 10.8 Å². The molecule has 8 nitrogen and oxygen atoms in total. The fourth-order valence-corrected chi connectivity index (χ4v) is 4.19. The van der Waals surface area contributed by atoms with Crippen LogP contribution in [0.25, 0.3) is 0 Å². The first-order valence-corrected chi connectivity index (χ1v) is 11.3. The smallest absolute Gasteiger partial charge is 0.389 e. The van der Waals surface area contributed by atoms with Crippen molar-refractivity contribution in [3.8, 4) is 0 Å². The Morgan fingerprint density at radius 3 is 2.56 bits per heavy atom. The van der Waals surface area contributed by atoms with Crippen molar-refractivity contribution in [2.24, 2.45) is 0 Å². The number of hydrogen-bond acceptors (Lipinski definition) is 7. The van der Waals surface area contributed by atoms with Crippen LogP contribution in [0.3, 0.4) is 0 Å². The highest BCUT2D eigenvalue weighted by molar-refractivity contribution is 6.33. The van der Waals surface area contributed by atoms with Crippen molar-refractivity contribution in [1.29, 1.82) is 0 Å². The largest absolute Gasteiger partial charge is 0.408 e. The van der Waals surface area contributed by atoms with E-state index in [9.17, 15) is 31.5 Å². The highest BCUT2D eigenvalue weighted by atomic mass is 35.5. The van der Waals surface area contributed by atoms with E-state index >= 15 is 0 Å². The molecule has 14 heteroatoms. The molecule has 0 radical (unpaired) electrons. The van der Waals surface area contributed by atoms with E-state index in [4.69, 9.17) is 16.0 Å². The molecule has 0 bridgehead atoms. The summed E-state index contributed by atoms with van der Waals surface area (Å²) in [6.45, 7) is 6.56. The van der Waals surface area contributed by atoms with E-state index in [1.807, 2.05) is 0 Å². The normalized spacial score (nSPS) is 18.3. The van der Waals surface area contributed by atoms with Crippen LogP contribution in [0.15, 0.2) is 23.6 Å². The number of anilines is 2. The third kappa shape index (κ3) is 6.31. The van der Waals surface area contributed by atoms with E-state index in [0.717, 1.165) is 6.07 Å². The summed E-state index contributed by atoms with van der Waals surface area (Å²) >= 11 is 6.14. The molecule has 36 heavy (non-hydrogen) atoms. The van der Waals surface area contributed by atoms with Gasteiger partial charge >= 0.3 is 12.2 Å². The van der Waals surface area contributed by atoms with Gasteiger partial charge in [-0.15, -0.1) is 18.3 Å². The fourth-order valence-electron chi connectivity index (χ4n) is 3.91. The SMILES string of the molecule is C=C.O=C1CCC(c2c(F)cc(N3CC(Nc4nnc(CCCC(F)(F)F)o4)C3)c(Cl)c2F)C(=O)N1. The molecular formula is C22H23ClF5N5O3. The van der Waals surface area contributed by atoms with Gasteiger partial charge in [-0.25, -0.2) is 8.78 Å². The lowest BCUT2D eigenvalue weighted by molar-refractivity contribution is -0.136. The predicted molar refractivity (Wildman–Crippen MR) is 121 cm³/mol. The molecule has 2 aromatic rings. The van der Waals surface area contributed by atoms with Crippen LogP contribution in [0.5, 0.6) is 0 Å². The molecule has 1 aromatic carbocycles. The van der Waals surface area contributed by atoms with Crippen molar-refractivity contribution in [3.05, 3.63) is 47.3 Å². The number of piperidine rings is 1. The minimum absolute atomic E-state index is 0.0152. The zero-order valence-electron chi connectivity index (χ0n) is 18.9. The second-order valence-electron chi connectivity index (χ2n) is 8.14. The van der Waals surface area contributed by atoms with Gasteiger partial charge in [-0.1, -0.05) is 16.7 Å². The molecule has 0 aliphatic carbocycles. The van der Waals surface area contributed by atoms with Crippen LogP contribution in [0.4, 0.5) is 33.7 Å². The van der Waals surface area contributed by atoms with Gasteiger partial charge in [-0.2, -0.15) is 13.2 Å². The van der Waals surface area contributed by atoms with Crippen LogP contribution in [-0.4, -0.2) is 47.3 Å². The molecule has 196 valence electrons. The molecule has 2 fully saturated rings. The fraction of sp³-hybridized carbons (Fsp3) is 0.455. The van der Waals surface area contributed by atoms with E-state index < -0.39 is 47.5 Å². The standard InChI is InChI=1S/C20H19ClF5N5O3.C2H4/c21-16-12(6-11(22)15(17(16)23)10-3-4-13(32)28-18(10)33)31-7-9(8-31)27-19-30-29-14(34-19)2-1-5-20(24,25)26;1-2/h6,9-10H,1-5,7-8H2,(H,27,30)(H,28,32,33);1-2H2. The molecule has 4 rings (SSSR count). The maximum atomic E-state index is 14.9. The van der Waals surface area contributed by atoms with Gasteiger partial charge in [0.05, 0.1) is 17.6 Å². The van der Waals surface area contributed by atoms with Crippen LogP contribution in [0.2, 0.25) is 5.02 Å². The summed E-state index contributed by atoms with van der Waals surface area (Å²) in [7, 11) is 0. The Bertz CT molecular complexity index is 1120. The van der Waals surface area contributed by atoms with Gasteiger partial charge in [0, 0.05) is 37.9 Å². The molecule has 0 spiro atoms. The second kappa shape index (κ2) is 11.2. The Balaban J connectivity index is 0.00000176. The van der Waals surface area contributed by atoms with E-state index in [2.05, 4.69) is 34.0 Å². The summed E-state index contributed by atoms with van der Waals surface area (Å²) in [5.74, 6) is -4.36. The number of hydrogen-bond donors (Lipinski definition) is 2. The second-order valence-corrected chi connectivity index (χ2v) is 8.52. The van der Waals surface area contributed by atoms with Gasteiger partial charge < -0.3 is 14.6 Å². The lowest BCUT2D eigenvalue weighted by Crippen LogP contribution is -2.55. The number of imide groups is 1. The lowest BCUT2D eigenvalue weighted by atomic mass is 9.89. The van der Waals surface area contributed by atoms with Gasteiger partial charge in [-0.05, 0) is 18.9 Å². The minimum atomic E-state index is -4.25. The number of aryl methyl sites for hydroxylation is 1. The van der Waals surface area contributed by atoms with Gasteiger partial charge in [-0.3, -0.25) is 14.9 Å². The number of carbonyl (C=O) groups is 2. The number of rotatable bonds is 7. The highest BCUT2D eigenvalue weighted by Gasteiger charge is 2.36. The summed E-state index contributed by atoms with van der Waals surface area (Å²) < 4.78 is 71.7. The van der Waals surface area contributed by atoms with E-state index in [1.54, 1.807) is 4.90 Å². The van der Waals surface area contributed by atoms with Crippen molar-refractivity contribution >= 4 is 35.1 Å². The molecule has 2 aliphatic heterocycles. The molecule has 2 saturated heterocycles. The molecule has 0 saturated carbocycles. The van der Waals surface area contributed by atoms with Gasteiger partial charge in [0.25, 0.3) is 0 Å². The number of halogens is 6. The van der Waals surface area contributed by atoms with Crippen LogP contribution >= 0.6 is 11.6 Å². The number of amides is 2. The third-order valence-electron chi connectivity index (χ3n) is 5.63. The minimum Gasteiger partial charge on any atom is -0.408 e. The monoisotopic (exact) mass is 535 g/mol. The van der Waals surface area contributed by atoms with Crippen LogP contribution in [0, 0.1) is 11.6 Å². The highest BCUT2D eigenvalue weighted by Crippen LogP contribution is 2.39. The van der Waals surface area contributed by atoms with Crippen molar-refractivity contribution in [1.82, 2.24) is 15.5 Å². The average molecular weight is 536 g/mol. The summed E-state index contributed by atoms with van der Waals surface area (Å²) in [4.78, 5) is 24.9. The molecule has 1 atom stereocenters. The number of benzene rings is 1. The van der Waals surface area contributed by atoms with Gasteiger partial charge in [0.15, 0.2) is 5.82 Å². The zero-order chi connectivity index (χ0) is 26.6. The van der Waals surface area contributed by atoms with Crippen LogP contribution < -0.4 is 15.5 Å². The van der Waals surface area contributed by atoms with Crippen LogP contribution in [0.1, 0.15) is 43.1 Å². The molecule has 1 unspecified atom stereocenters. The maximum absolute atomic E-state index is 14.9. The average Bonchev–Trinajstić information content (AvgIpc) is 3.22. The third-order valence-corrected chi connectivity index (χ3v) is 5.99. The Morgan fingerprint density at radius 1 is 1.22 bits per heavy atom. The van der Waals surface area contributed by atoms with Crippen LogP contribution in [-0.2, 0) is 16.0 Å². The number of alkyl halides is 3. The summed E-state index contributed by atoms with van der Waals surface area (Å²) in [6, 6.07) is 0.843. The van der Waals surface area contributed by atoms with Crippen molar-refractivity contribution in [2.45, 2.75) is 50.2 Å². The summed E-state index contributed by atoms with van der Waals surface area (Å²) in [6.07, 6.45) is -5.45. The van der Waals surface area contributed by atoms with Gasteiger partial charge in [0.2, 0.25) is 17.7 Å². The topological polar surface area (TPSA) is 100 Å². The summed E-state index contributed by atoms with van der Waals surface area (Å²) in [5, 5.41) is 12.1. The molecule has 2 amide bonds. The van der Waals surface area contributed by atoms with E-state index in [-0.39, 0.29) is 67.4 Å². The molecule has 2 N–H and O–H groups in total. The van der Waals surface area contributed by atoms with E-state index in [1.165, 1.54) is 0 Å². The predicted octanol–water partition coefficient (Wildman–Crippen LogP) is 4.51. The number of aromatic nitrogens is 2. The maximum Gasteiger partial charge on any atom is 0.389 e. The quantitative estimate of drug-likeness (QED) is 0.233. The Labute approximate surface area is 207 Å². The summed E-state index contributed by atoms with van der Waals surface area (Å²) in [5.41, 5.74) is -0.373. The molecule has 1 aromatic heterocycles. The first-order valence-electron chi connectivity index (χ1n) is 10.9. The first-order chi connectivity index (χ1) is 17.0. The van der Waals surface area contributed by atoms with Crippen molar-refractivity contribution in [3.63, 3.8) is 0 Å². The Hall–Kier alpha value is -3.22. The van der Waals surface area contributed by atoms with Crippen molar-refractivity contribution < 1.29 is 36.0 Å². The van der Waals surface area contributed by atoms with E-state index in [0.29, 0.717) is 0 Å². The lowest BCUT2D eigenvalue weighted by Gasteiger charge is -2.41. The molecule has 3 heterocycles.